The minimum atomic E-state index is 0.758. The average Bonchev–Trinajstić information content (AvgIpc) is 2.55. The summed E-state index contributed by atoms with van der Waals surface area (Å²) in [4.78, 5) is 0. The Kier molecular flexibility index (Phi) is 3.40. The zero-order chi connectivity index (χ0) is 15.1. The molecule has 0 aliphatic carbocycles. The quantitative estimate of drug-likeness (QED) is 0.315. The number of hydrogen-bond acceptors (Lipinski definition) is 0. The molecule has 0 saturated carbocycles. The standard InChI is InChI=1S/C20H12BrCl/c21-20-17-10-3-1-8-15(17)19(13-6-5-7-14(22)12-13)16-9-2-4-11-18(16)20/h1-12H. The van der Waals surface area contributed by atoms with Crippen LogP contribution in [-0.2, 0) is 0 Å². The molecule has 106 valence electrons. The van der Waals surface area contributed by atoms with Crippen LogP contribution in [-0.4, -0.2) is 0 Å². The van der Waals surface area contributed by atoms with Gasteiger partial charge in [-0.1, -0.05) is 72.3 Å². The Morgan fingerprint density at radius 1 is 0.636 bits per heavy atom. The molecule has 0 fully saturated rings. The lowest BCUT2D eigenvalue weighted by atomic mass is 9.92. The fourth-order valence-electron chi connectivity index (χ4n) is 3.03. The van der Waals surface area contributed by atoms with E-state index in [0.29, 0.717) is 0 Å². The number of halogens is 2. The van der Waals surface area contributed by atoms with Crippen molar-refractivity contribution in [3.05, 3.63) is 82.3 Å². The second kappa shape index (κ2) is 5.42. The molecule has 0 atom stereocenters. The second-order valence-corrected chi connectivity index (χ2v) is 6.52. The molecule has 0 radical (unpaired) electrons. The van der Waals surface area contributed by atoms with E-state index in [9.17, 15) is 0 Å². The molecule has 4 rings (SSSR count). The van der Waals surface area contributed by atoms with Crippen LogP contribution in [0.25, 0.3) is 32.7 Å². The highest BCUT2D eigenvalue weighted by Crippen LogP contribution is 2.41. The first-order valence-corrected chi connectivity index (χ1v) is 8.27. The molecule has 0 bridgehead atoms. The van der Waals surface area contributed by atoms with Gasteiger partial charge in [-0.15, -0.1) is 0 Å². The molecule has 4 aromatic rings. The summed E-state index contributed by atoms with van der Waals surface area (Å²) in [7, 11) is 0. The molecular weight excluding hydrogens is 356 g/mol. The summed E-state index contributed by atoms with van der Waals surface area (Å²) >= 11 is 10.00. The fraction of sp³-hybridized carbons (Fsp3) is 0. The van der Waals surface area contributed by atoms with Gasteiger partial charge in [-0.2, -0.15) is 0 Å². The van der Waals surface area contributed by atoms with Crippen molar-refractivity contribution in [2.45, 2.75) is 0 Å². The Balaban J connectivity index is 2.26. The Hall–Kier alpha value is -1.83. The number of benzene rings is 4. The molecule has 0 aliphatic rings. The third-order valence-electron chi connectivity index (χ3n) is 3.98. The average molecular weight is 368 g/mol. The van der Waals surface area contributed by atoms with Crippen LogP contribution in [0.1, 0.15) is 0 Å². The van der Waals surface area contributed by atoms with Crippen LogP contribution in [0.4, 0.5) is 0 Å². The molecule has 0 aliphatic heterocycles. The van der Waals surface area contributed by atoms with Crippen molar-refractivity contribution in [2.24, 2.45) is 0 Å². The van der Waals surface area contributed by atoms with Crippen LogP contribution in [0.5, 0.6) is 0 Å². The third kappa shape index (κ3) is 2.13. The van der Waals surface area contributed by atoms with Gasteiger partial charge in [-0.25, -0.2) is 0 Å². The van der Waals surface area contributed by atoms with E-state index in [2.05, 4.69) is 70.5 Å². The van der Waals surface area contributed by atoms with Gasteiger partial charge in [-0.05, 0) is 60.7 Å². The van der Waals surface area contributed by atoms with E-state index in [4.69, 9.17) is 11.6 Å². The van der Waals surface area contributed by atoms with Gasteiger partial charge in [0, 0.05) is 9.50 Å². The predicted molar refractivity (Wildman–Crippen MR) is 99.6 cm³/mol. The van der Waals surface area contributed by atoms with Gasteiger partial charge < -0.3 is 0 Å². The van der Waals surface area contributed by atoms with E-state index in [0.717, 1.165) is 15.1 Å². The van der Waals surface area contributed by atoms with Crippen molar-refractivity contribution in [3.8, 4) is 11.1 Å². The smallest absolute Gasteiger partial charge is 0.0412 e. The summed E-state index contributed by atoms with van der Waals surface area (Å²) in [6.07, 6.45) is 0. The van der Waals surface area contributed by atoms with Crippen LogP contribution in [0.15, 0.2) is 77.3 Å². The molecule has 4 aromatic carbocycles. The van der Waals surface area contributed by atoms with Gasteiger partial charge in [0.2, 0.25) is 0 Å². The van der Waals surface area contributed by atoms with Crippen LogP contribution in [0.3, 0.4) is 0 Å². The molecule has 0 heterocycles. The number of fused-ring (bicyclic) bond motifs is 2. The molecule has 0 nitrogen and oxygen atoms in total. The fourth-order valence-corrected chi connectivity index (χ4v) is 3.91. The van der Waals surface area contributed by atoms with Crippen molar-refractivity contribution in [1.29, 1.82) is 0 Å². The van der Waals surface area contributed by atoms with E-state index in [1.165, 1.54) is 27.1 Å². The Bertz CT molecular complexity index is 948. The highest BCUT2D eigenvalue weighted by Gasteiger charge is 2.13. The lowest BCUT2D eigenvalue weighted by Gasteiger charge is -2.14. The first-order chi connectivity index (χ1) is 10.8. The van der Waals surface area contributed by atoms with Gasteiger partial charge in [0.05, 0.1) is 0 Å². The van der Waals surface area contributed by atoms with Crippen molar-refractivity contribution in [3.63, 3.8) is 0 Å². The maximum absolute atomic E-state index is 6.22. The lowest BCUT2D eigenvalue weighted by Crippen LogP contribution is -1.87. The summed E-state index contributed by atoms with van der Waals surface area (Å²) in [5.74, 6) is 0. The van der Waals surface area contributed by atoms with Crippen LogP contribution in [0, 0.1) is 0 Å². The summed E-state index contributed by atoms with van der Waals surface area (Å²) in [5, 5.41) is 5.66. The molecule has 22 heavy (non-hydrogen) atoms. The van der Waals surface area contributed by atoms with Crippen LogP contribution < -0.4 is 0 Å². The second-order valence-electron chi connectivity index (χ2n) is 5.29. The minimum absolute atomic E-state index is 0.758. The van der Waals surface area contributed by atoms with Crippen LogP contribution >= 0.6 is 27.5 Å². The molecule has 2 heteroatoms. The van der Waals surface area contributed by atoms with Crippen molar-refractivity contribution in [2.75, 3.05) is 0 Å². The number of rotatable bonds is 1. The first kappa shape index (κ1) is 13.8. The largest absolute Gasteiger partial charge is 0.0843 e. The molecular formula is C20H12BrCl. The van der Waals surface area contributed by atoms with Crippen molar-refractivity contribution >= 4 is 49.1 Å². The van der Waals surface area contributed by atoms with Gasteiger partial charge in [0.1, 0.15) is 0 Å². The van der Waals surface area contributed by atoms with Crippen molar-refractivity contribution in [1.82, 2.24) is 0 Å². The van der Waals surface area contributed by atoms with E-state index >= 15 is 0 Å². The van der Waals surface area contributed by atoms with Gasteiger partial charge in [-0.3, -0.25) is 0 Å². The van der Waals surface area contributed by atoms with E-state index in [-0.39, 0.29) is 0 Å². The van der Waals surface area contributed by atoms with E-state index < -0.39 is 0 Å². The summed E-state index contributed by atoms with van der Waals surface area (Å²) in [6, 6.07) is 25.0. The topological polar surface area (TPSA) is 0 Å². The maximum Gasteiger partial charge on any atom is 0.0412 e. The predicted octanol–water partition coefficient (Wildman–Crippen LogP) is 7.08. The van der Waals surface area contributed by atoms with Crippen molar-refractivity contribution < 1.29 is 0 Å². The molecule has 0 amide bonds. The normalized spacial score (nSPS) is 11.2. The molecule has 0 unspecified atom stereocenters. The van der Waals surface area contributed by atoms with Gasteiger partial charge in [0.15, 0.2) is 0 Å². The third-order valence-corrected chi connectivity index (χ3v) is 5.07. The zero-order valence-electron chi connectivity index (χ0n) is 11.7. The Morgan fingerprint density at radius 2 is 1.18 bits per heavy atom. The lowest BCUT2D eigenvalue weighted by molar-refractivity contribution is 1.66. The zero-order valence-corrected chi connectivity index (χ0v) is 14.0. The summed E-state index contributed by atoms with van der Waals surface area (Å²) in [6.45, 7) is 0. The Labute approximate surface area is 142 Å². The summed E-state index contributed by atoms with van der Waals surface area (Å²) < 4.78 is 1.14. The van der Waals surface area contributed by atoms with E-state index in [1.807, 2.05) is 18.2 Å². The molecule has 0 N–H and O–H groups in total. The summed E-state index contributed by atoms with van der Waals surface area (Å²) in [5.41, 5.74) is 2.38. The molecule has 0 saturated heterocycles. The van der Waals surface area contributed by atoms with Gasteiger partial charge >= 0.3 is 0 Å². The van der Waals surface area contributed by atoms with E-state index in [1.54, 1.807) is 0 Å². The molecule has 0 spiro atoms. The maximum atomic E-state index is 6.22. The highest BCUT2D eigenvalue weighted by molar-refractivity contribution is 9.10. The Morgan fingerprint density at radius 3 is 1.73 bits per heavy atom. The van der Waals surface area contributed by atoms with Gasteiger partial charge in [0.25, 0.3) is 0 Å². The minimum Gasteiger partial charge on any atom is -0.0843 e. The number of hydrogen-bond donors (Lipinski definition) is 0. The molecule has 0 aromatic heterocycles. The van der Waals surface area contributed by atoms with Crippen LogP contribution in [0.2, 0.25) is 5.02 Å². The monoisotopic (exact) mass is 366 g/mol. The highest BCUT2D eigenvalue weighted by atomic mass is 79.9. The first-order valence-electron chi connectivity index (χ1n) is 7.10. The SMILES string of the molecule is Clc1cccc(-c2c3ccccc3c(Br)c3ccccc23)c1.